The van der Waals surface area contributed by atoms with Gasteiger partial charge in [0.1, 0.15) is 5.82 Å². The third kappa shape index (κ3) is 3.44. The Morgan fingerprint density at radius 1 is 1.10 bits per heavy atom. The first-order valence-electron chi connectivity index (χ1n) is 6.75. The zero-order valence-corrected chi connectivity index (χ0v) is 11.9. The van der Waals surface area contributed by atoms with Crippen LogP contribution in [0.25, 0.3) is 0 Å². The molecule has 0 saturated carbocycles. The van der Waals surface area contributed by atoms with Gasteiger partial charge in [0.05, 0.1) is 12.6 Å². The molecule has 0 spiro atoms. The maximum absolute atomic E-state index is 13.9. The van der Waals surface area contributed by atoms with E-state index < -0.39 is 0 Å². The zero-order valence-electron chi connectivity index (χ0n) is 11.9. The van der Waals surface area contributed by atoms with Crippen LogP contribution >= 0.6 is 0 Å². The Kier molecular flexibility index (Phi) is 5.27. The van der Waals surface area contributed by atoms with Crippen molar-refractivity contribution in [3.63, 3.8) is 0 Å². The molecule has 0 aliphatic rings. The highest BCUT2D eigenvalue weighted by Crippen LogP contribution is 2.24. The van der Waals surface area contributed by atoms with Gasteiger partial charge in [-0.1, -0.05) is 42.5 Å². The largest absolute Gasteiger partial charge is 0.384 e. The molecule has 2 aromatic rings. The molecule has 0 aliphatic carbocycles. The summed E-state index contributed by atoms with van der Waals surface area (Å²) in [6.07, 6.45) is 0.890. The van der Waals surface area contributed by atoms with Crippen LogP contribution in [0.15, 0.2) is 48.5 Å². The number of hydrogen-bond donors (Lipinski definition) is 1. The lowest BCUT2D eigenvalue weighted by molar-refractivity contribution is 0.202. The molecule has 1 atom stereocenters. The van der Waals surface area contributed by atoms with E-state index >= 15 is 0 Å². The van der Waals surface area contributed by atoms with E-state index in [4.69, 9.17) is 4.74 Å². The Labute approximate surface area is 119 Å². The molecule has 1 unspecified atom stereocenters. The molecule has 2 nitrogen and oxygen atoms in total. The molecule has 0 aliphatic heterocycles. The molecule has 1 N–H and O–H groups in total. The van der Waals surface area contributed by atoms with E-state index in [0.29, 0.717) is 12.2 Å². The van der Waals surface area contributed by atoms with Crippen molar-refractivity contribution in [2.45, 2.75) is 12.5 Å². The van der Waals surface area contributed by atoms with E-state index in [-0.39, 0.29) is 11.9 Å². The predicted octanol–water partition coefficient (Wildman–Crippen LogP) is 3.32. The zero-order chi connectivity index (χ0) is 14.4. The van der Waals surface area contributed by atoms with Crippen LogP contribution < -0.4 is 5.32 Å². The minimum Gasteiger partial charge on any atom is -0.384 e. The maximum Gasteiger partial charge on any atom is 0.128 e. The summed E-state index contributed by atoms with van der Waals surface area (Å²) in [6.45, 7) is 0.710. The lowest BCUT2D eigenvalue weighted by atomic mass is 9.97. The van der Waals surface area contributed by atoms with Gasteiger partial charge in [-0.15, -0.1) is 0 Å². The summed E-state index contributed by atoms with van der Waals surface area (Å²) in [5, 5.41) is 3.17. The van der Waals surface area contributed by atoms with E-state index in [2.05, 4.69) is 17.4 Å². The summed E-state index contributed by atoms with van der Waals surface area (Å²) in [6, 6.07) is 15.0. The molecule has 0 saturated heterocycles. The first-order valence-corrected chi connectivity index (χ1v) is 6.75. The van der Waals surface area contributed by atoms with Crippen LogP contribution in [0.4, 0.5) is 4.39 Å². The van der Waals surface area contributed by atoms with E-state index in [1.165, 1.54) is 11.6 Å². The van der Waals surface area contributed by atoms with E-state index in [1.54, 1.807) is 13.2 Å². The van der Waals surface area contributed by atoms with Gasteiger partial charge in [0.25, 0.3) is 0 Å². The maximum atomic E-state index is 13.9. The van der Waals surface area contributed by atoms with E-state index in [1.807, 2.05) is 31.3 Å². The highest BCUT2D eigenvalue weighted by atomic mass is 19.1. The second-order valence-electron chi connectivity index (χ2n) is 4.73. The summed E-state index contributed by atoms with van der Waals surface area (Å²) >= 11 is 0. The summed E-state index contributed by atoms with van der Waals surface area (Å²) in [5.74, 6) is -0.185. The molecule has 0 heterocycles. The summed E-state index contributed by atoms with van der Waals surface area (Å²) in [5.41, 5.74) is 2.94. The molecular formula is C17H20FNO. The highest BCUT2D eigenvalue weighted by molar-refractivity contribution is 5.34. The summed E-state index contributed by atoms with van der Waals surface area (Å²) in [7, 11) is 3.54. The molecule has 106 valence electrons. The Hall–Kier alpha value is -1.71. The molecule has 2 aromatic carbocycles. The van der Waals surface area contributed by atoms with Gasteiger partial charge in [-0.2, -0.15) is 0 Å². The summed E-state index contributed by atoms with van der Waals surface area (Å²) in [4.78, 5) is 0. The smallest absolute Gasteiger partial charge is 0.128 e. The Bertz CT molecular complexity index is 539. The molecule has 20 heavy (non-hydrogen) atoms. The second-order valence-corrected chi connectivity index (χ2v) is 4.73. The second kappa shape index (κ2) is 7.17. The van der Waals surface area contributed by atoms with E-state index in [0.717, 1.165) is 12.0 Å². The molecule has 0 fully saturated rings. The number of rotatable bonds is 6. The van der Waals surface area contributed by atoms with Crippen molar-refractivity contribution in [3.05, 3.63) is 71.0 Å². The van der Waals surface area contributed by atoms with Crippen LogP contribution in [0, 0.1) is 5.82 Å². The Morgan fingerprint density at radius 3 is 2.40 bits per heavy atom. The normalized spacial score (nSPS) is 12.3. The fourth-order valence-corrected chi connectivity index (χ4v) is 2.31. The third-order valence-corrected chi connectivity index (χ3v) is 3.41. The fraction of sp³-hybridized carbons (Fsp3) is 0.294. The van der Waals surface area contributed by atoms with Gasteiger partial charge in [0.15, 0.2) is 0 Å². The highest BCUT2D eigenvalue weighted by Gasteiger charge is 2.15. The lowest BCUT2D eigenvalue weighted by Crippen LogP contribution is -2.18. The summed E-state index contributed by atoms with van der Waals surface area (Å²) < 4.78 is 19.0. The first-order chi connectivity index (χ1) is 9.76. The average Bonchev–Trinajstić information content (AvgIpc) is 2.49. The standard InChI is InChI=1S/C17H20FNO/c1-19-17(15-5-3-4-6-16(15)18)14-9-7-13(8-10-14)11-12-20-2/h3-10,17,19H,11-12H2,1-2H3. The number of methoxy groups -OCH3 is 1. The monoisotopic (exact) mass is 273 g/mol. The van der Waals surface area contributed by atoms with Crippen molar-refractivity contribution in [1.29, 1.82) is 0 Å². The molecule has 0 radical (unpaired) electrons. The minimum atomic E-state index is -0.185. The van der Waals surface area contributed by atoms with Crippen molar-refractivity contribution in [3.8, 4) is 0 Å². The van der Waals surface area contributed by atoms with Crippen LogP contribution in [0.1, 0.15) is 22.7 Å². The number of hydrogen-bond acceptors (Lipinski definition) is 2. The van der Waals surface area contributed by atoms with Crippen molar-refractivity contribution in [2.24, 2.45) is 0 Å². The molecule has 0 aromatic heterocycles. The van der Waals surface area contributed by atoms with Gasteiger partial charge in [-0.05, 0) is 30.7 Å². The van der Waals surface area contributed by atoms with Crippen LogP contribution in [0.3, 0.4) is 0 Å². The van der Waals surface area contributed by atoms with Crippen LogP contribution in [0.2, 0.25) is 0 Å². The molecule has 0 amide bonds. The molecule has 2 rings (SSSR count). The molecular weight excluding hydrogens is 253 g/mol. The average molecular weight is 273 g/mol. The SMILES string of the molecule is CNC(c1ccc(CCOC)cc1)c1ccccc1F. The van der Waals surface area contributed by atoms with Crippen LogP contribution in [-0.4, -0.2) is 20.8 Å². The Morgan fingerprint density at radius 2 is 1.80 bits per heavy atom. The van der Waals surface area contributed by atoms with Crippen molar-refractivity contribution >= 4 is 0 Å². The van der Waals surface area contributed by atoms with Gasteiger partial charge in [-0.25, -0.2) is 4.39 Å². The Balaban J connectivity index is 2.22. The van der Waals surface area contributed by atoms with Crippen molar-refractivity contribution in [1.82, 2.24) is 5.32 Å². The first kappa shape index (κ1) is 14.7. The van der Waals surface area contributed by atoms with Gasteiger partial charge in [0, 0.05) is 12.7 Å². The lowest BCUT2D eigenvalue weighted by Gasteiger charge is -2.18. The van der Waals surface area contributed by atoms with Gasteiger partial charge >= 0.3 is 0 Å². The third-order valence-electron chi connectivity index (χ3n) is 3.41. The number of nitrogens with one attached hydrogen (secondary N) is 1. The van der Waals surface area contributed by atoms with Gasteiger partial charge in [-0.3, -0.25) is 0 Å². The van der Waals surface area contributed by atoms with Crippen LogP contribution in [-0.2, 0) is 11.2 Å². The van der Waals surface area contributed by atoms with Crippen molar-refractivity contribution < 1.29 is 9.13 Å². The number of halogens is 1. The molecule has 0 bridgehead atoms. The van der Waals surface area contributed by atoms with Crippen LogP contribution in [0.5, 0.6) is 0 Å². The van der Waals surface area contributed by atoms with Gasteiger partial charge in [0.2, 0.25) is 0 Å². The minimum absolute atomic E-state index is 0.132. The fourth-order valence-electron chi connectivity index (χ4n) is 2.31. The topological polar surface area (TPSA) is 21.3 Å². The number of ether oxygens (including phenoxy) is 1. The van der Waals surface area contributed by atoms with Gasteiger partial charge < -0.3 is 10.1 Å². The number of benzene rings is 2. The van der Waals surface area contributed by atoms with E-state index in [9.17, 15) is 4.39 Å². The quantitative estimate of drug-likeness (QED) is 0.871. The molecule has 3 heteroatoms. The van der Waals surface area contributed by atoms with Crippen molar-refractivity contribution in [2.75, 3.05) is 20.8 Å². The predicted molar refractivity (Wildman–Crippen MR) is 79.3 cm³/mol.